The first kappa shape index (κ1) is 19.1. The minimum atomic E-state index is -0.593. The van der Waals surface area contributed by atoms with E-state index >= 15 is 0 Å². The number of carbonyl (C=O) groups excluding carboxylic acids is 1. The zero-order valence-corrected chi connectivity index (χ0v) is 17.2. The van der Waals surface area contributed by atoms with Crippen LogP contribution in [0.15, 0.2) is 68.1 Å². The molecule has 1 aromatic carbocycles. The van der Waals surface area contributed by atoms with Crippen LogP contribution >= 0.6 is 11.3 Å². The fourth-order valence-electron chi connectivity index (χ4n) is 3.36. The highest BCUT2D eigenvalue weighted by Gasteiger charge is 2.33. The van der Waals surface area contributed by atoms with Crippen molar-refractivity contribution in [2.45, 2.75) is 26.8 Å². The van der Waals surface area contributed by atoms with Crippen LogP contribution in [0, 0.1) is 6.92 Å². The van der Waals surface area contributed by atoms with Crippen LogP contribution in [-0.4, -0.2) is 17.1 Å². The van der Waals surface area contributed by atoms with Gasteiger partial charge in [-0.25, -0.2) is 9.79 Å². The summed E-state index contributed by atoms with van der Waals surface area (Å²) >= 11 is 1.27. The van der Waals surface area contributed by atoms with E-state index in [0.29, 0.717) is 26.4 Å². The first-order valence-electron chi connectivity index (χ1n) is 9.29. The summed E-state index contributed by atoms with van der Waals surface area (Å²) in [6.07, 6.45) is 3.25. The van der Waals surface area contributed by atoms with Crippen LogP contribution in [-0.2, 0) is 9.53 Å². The van der Waals surface area contributed by atoms with E-state index < -0.39 is 12.0 Å². The van der Waals surface area contributed by atoms with Crippen molar-refractivity contribution in [2.75, 3.05) is 6.61 Å². The first-order chi connectivity index (χ1) is 14.0. The van der Waals surface area contributed by atoms with E-state index in [0.717, 1.165) is 11.1 Å². The summed E-state index contributed by atoms with van der Waals surface area (Å²) in [6, 6.07) is 10.7. The minimum absolute atomic E-state index is 0.218. The van der Waals surface area contributed by atoms with Crippen LogP contribution in [0.25, 0.3) is 6.08 Å². The number of furan rings is 1. The fourth-order valence-corrected chi connectivity index (χ4v) is 4.38. The van der Waals surface area contributed by atoms with Gasteiger partial charge in [0.2, 0.25) is 0 Å². The molecule has 7 heteroatoms. The van der Waals surface area contributed by atoms with Crippen LogP contribution in [0.2, 0.25) is 0 Å². The Morgan fingerprint density at radius 1 is 1.28 bits per heavy atom. The Kier molecular flexibility index (Phi) is 5.07. The summed E-state index contributed by atoms with van der Waals surface area (Å²) in [5.41, 5.74) is 2.65. The SMILES string of the molecule is CCOC(=O)C1=C(C)N=c2s/c(=C\c3ccco3)c(=O)n2[C@@H]1c1ccc(C)cc1. The standard InChI is InChI=1S/C22H20N2O4S/c1-4-27-21(26)18-14(3)23-22-24(19(18)15-9-7-13(2)8-10-15)20(25)17(29-22)12-16-6-5-11-28-16/h5-12,19H,4H2,1-3H3/b17-12-/t19-/m1/s1. The maximum atomic E-state index is 13.3. The number of aromatic nitrogens is 1. The molecule has 0 unspecified atom stereocenters. The Hall–Kier alpha value is -3.19. The number of allylic oxidation sites excluding steroid dienone is 1. The summed E-state index contributed by atoms with van der Waals surface area (Å²) in [7, 11) is 0. The molecule has 1 aliphatic rings. The van der Waals surface area contributed by atoms with E-state index in [9.17, 15) is 9.59 Å². The number of ether oxygens (including phenoxy) is 1. The third kappa shape index (κ3) is 3.49. The van der Waals surface area contributed by atoms with Crippen molar-refractivity contribution in [2.24, 2.45) is 4.99 Å². The highest BCUT2D eigenvalue weighted by Crippen LogP contribution is 2.30. The third-order valence-corrected chi connectivity index (χ3v) is 5.71. The van der Waals surface area contributed by atoms with Crippen LogP contribution in [0.4, 0.5) is 0 Å². The average molecular weight is 408 g/mol. The van der Waals surface area contributed by atoms with Crippen LogP contribution in [0.1, 0.15) is 36.8 Å². The van der Waals surface area contributed by atoms with Gasteiger partial charge in [-0.15, -0.1) is 0 Å². The van der Waals surface area contributed by atoms with Crippen LogP contribution < -0.4 is 14.9 Å². The lowest BCUT2D eigenvalue weighted by Crippen LogP contribution is -2.39. The lowest BCUT2D eigenvalue weighted by Gasteiger charge is -2.24. The predicted octanol–water partition coefficient (Wildman–Crippen LogP) is 2.70. The smallest absolute Gasteiger partial charge is 0.338 e. The molecule has 2 aromatic heterocycles. The second kappa shape index (κ2) is 7.67. The molecule has 0 aliphatic carbocycles. The maximum absolute atomic E-state index is 13.3. The number of carbonyl (C=O) groups is 1. The van der Waals surface area contributed by atoms with Crippen molar-refractivity contribution in [3.05, 3.63) is 90.5 Å². The number of hydrogen-bond donors (Lipinski definition) is 0. The summed E-state index contributed by atoms with van der Waals surface area (Å²) in [5, 5.41) is 0. The highest BCUT2D eigenvalue weighted by molar-refractivity contribution is 7.07. The lowest BCUT2D eigenvalue weighted by molar-refractivity contribution is -0.139. The lowest BCUT2D eigenvalue weighted by atomic mass is 9.95. The number of esters is 1. The van der Waals surface area contributed by atoms with Gasteiger partial charge in [-0.2, -0.15) is 0 Å². The van der Waals surface area contributed by atoms with Crippen LogP contribution in [0.5, 0.6) is 0 Å². The van der Waals surface area contributed by atoms with Crippen molar-refractivity contribution in [1.82, 2.24) is 4.57 Å². The summed E-state index contributed by atoms with van der Waals surface area (Å²) < 4.78 is 12.7. The molecule has 0 N–H and O–H groups in total. The molecule has 0 fully saturated rings. The zero-order chi connectivity index (χ0) is 20.5. The van der Waals surface area contributed by atoms with E-state index in [1.807, 2.05) is 31.2 Å². The fraction of sp³-hybridized carbons (Fsp3) is 0.227. The molecule has 0 saturated heterocycles. The second-order valence-corrected chi connectivity index (χ2v) is 7.74. The number of nitrogens with zero attached hydrogens (tertiary/aromatic N) is 2. The topological polar surface area (TPSA) is 73.8 Å². The molecule has 4 rings (SSSR count). The molecule has 29 heavy (non-hydrogen) atoms. The van der Waals surface area contributed by atoms with E-state index in [4.69, 9.17) is 9.15 Å². The molecule has 148 valence electrons. The third-order valence-electron chi connectivity index (χ3n) is 4.73. The van der Waals surface area contributed by atoms with Crippen molar-refractivity contribution in [3.63, 3.8) is 0 Å². The number of rotatable bonds is 4. The van der Waals surface area contributed by atoms with E-state index in [2.05, 4.69) is 4.99 Å². The number of fused-ring (bicyclic) bond motifs is 1. The second-order valence-electron chi connectivity index (χ2n) is 6.73. The maximum Gasteiger partial charge on any atom is 0.338 e. The average Bonchev–Trinajstić information content (AvgIpc) is 3.30. The van der Waals surface area contributed by atoms with Gasteiger partial charge in [0.15, 0.2) is 4.80 Å². The number of aryl methyl sites for hydroxylation is 1. The van der Waals surface area contributed by atoms with Gasteiger partial charge in [0.1, 0.15) is 5.76 Å². The van der Waals surface area contributed by atoms with Gasteiger partial charge in [-0.3, -0.25) is 9.36 Å². The Bertz CT molecular complexity index is 1260. The van der Waals surface area contributed by atoms with Crippen LogP contribution in [0.3, 0.4) is 0 Å². The molecule has 0 saturated carbocycles. The minimum Gasteiger partial charge on any atom is -0.465 e. The van der Waals surface area contributed by atoms with E-state index in [1.165, 1.54) is 11.3 Å². The summed E-state index contributed by atoms with van der Waals surface area (Å²) in [6.45, 7) is 5.77. The molecule has 0 radical (unpaired) electrons. The molecular weight excluding hydrogens is 388 g/mol. The van der Waals surface area contributed by atoms with Gasteiger partial charge in [0.25, 0.3) is 5.56 Å². The van der Waals surface area contributed by atoms with Gasteiger partial charge < -0.3 is 9.15 Å². The monoisotopic (exact) mass is 408 g/mol. The molecule has 0 amide bonds. The molecule has 6 nitrogen and oxygen atoms in total. The molecule has 0 spiro atoms. The predicted molar refractivity (Wildman–Crippen MR) is 110 cm³/mol. The Morgan fingerprint density at radius 3 is 2.69 bits per heavy atom. The summed E-state index contributed by atoms with van der Waals surface area (Å²) in [4.78, 5) is 31.1. The van der Waals surface area contributed by atoms with E-state index in [1.54, 1.807) is 42.9 Å². The quantitative estimate of drug-likeness (QED) is 0.622. The molecule has 3 aromatic rings. The van der Waals surface area contributed by atoms with Gasteiger partial charge in [-0.05, 0) is 38.5 Å². The van der Waals surface area contributed by atoms with Gasteiger partial charge in [0.05, 0.1) is 34.7 Å². The van der Waals surface area contributed by atoms with Crippen molar-refractivity contribution < 1.29 is 13.9 Å². The number of thiazole rings is 1. The molecule has 1 atom stereocenters. The zero-order valence-electron chi connectivity index (χ0n) is 16.3. The van der Waals surface area contributed by atoms with Gasteiger partial charge in [0, 0.05) is 6.08 Å². The molecular formula is C22H20N2O4S. The normalized spacial score (nSPS) is 16.5. The first-order valence-corrected chi connectivity index (χ1v) is 10.1. The highest BCUT2D eigenvalue weighted by atomic mass is 32.1. The Morgan fingerprint density at radius 2 is 2.03 bits per heavy atom. The van der Waals surface area contributed by atoms with E-state index in [-0.39, 0.29) is 12.2 Å². The number of benzene rings is 1. The number of hydrogen-bond acceptors (Lipinski definition) is 6. The van der Waals surface area contributed by atoms with Gasteiger partial charge in [-0.1, -0.05) is 41.2 Å². The largest absolute Gasteiger partial charge is 0.465 e. The molecule has 0 bridgehead atoms. The van der Waals surface area contributed by atoms with Crippen molar-refractivity contribution in [3.8, 4) is 0 Å². The van der Waals surface area contributed by atoms with Crippen molar-refractivity contribution >= 4 is 23.4 Å². The molecule has 1 aliphatic heterocycles. The van der Waals surface area contributed by atoms with Crippen molar-refractivity contribution in [1.29, 1.82) is 0 Å². The molecule has 3 heterocycles. The Balaban J connectivity index is 1.97. The van der Waals surface area contributed by atoms with Gasteiger partial charge >= 0.3 is 5.97 Å². The summed E-state index contributed by atoms with van der Waals surface area (Å²) in [5.74, 6) is 0.128. The Labute approximate surface area is 171 Å².